The van der Waals surface area contributed by atoms with E-state index >= 15 is 0 Å². The zero-order chi connectivity index (χ0) is 17.3. The molecular formula is C17H17ClN4O2. The third kappa shape index (κ3) is 2.92. The number of hydrogen-bond acceptors (Lipinski definition) is 4. The number of fused-ring (bicyclic) bond motifs is 1. The summed E-state index contributed by atoms with van der Waals surface area (Å²) < 4.78 is 2.03. The second-order valence-corrected chi connectivity index (χ2v) is 5.91. The highest BCUT2D eigenvalue weighted by Crippen LogP contribution is 2.18. The van der Waals surface area contributed by atoms with Crippen LogP contribution in [0.2, 0.25) is 5.02 Å². The van der Waals surface area contributed by atoms with Gasteiger partial charge in [-0.05, 0) is 43.3 Å². The number of hydrogen-bond donors (Lipinski definition) is 0. The largest absolute Gasteiger partial charge is 0.387 e. The molecule has 2 heterocycles. The first-order valence-corrected chi connectivity index (χ1v) is 7.84. The van der Waals surface area contributed by atoms with Crippen LogP contribution in [0.15, 0.2) is 36.9 Å². The molecule has 0 fully saturated rings. The lowest BCUT2D eigenvalue weighted by Crippen LogP contribution is -2.21. The molecule has 0 unspecified atom stereocenters. The quantitative estimate of drug-likeness (QED) is 0.509. The summed E-state index contributed by atoms with van der Waals surface area (Å²) in [5, 5.41) is 8.42. The van der Waals surface area contributed by atoms with Gasteiger partial charge < -0.3 is 9.40 Å². The molecule has 7 heteroatoms. The monoisotopic (exact) mass is 344 g/mol. The van der Waals surface area contributed by atoms with Gasteiger partial charge in [-0.15, -0.1) is 11.7 Å². The standard InChI is InChI=1S/C17H17ClN4O2/c1-4-7-21-11(2)8-14(12(21)3)17(23)10-24-22-16-9-13(18)5-6-15(16)19-20-22/h4-6,8-9H,1,7,10H2,2-3H3. The Balaban J connectivity index is 1.79. The Morgan fingerprint density at radius 2 is 2.17 bits per heavy atom. The minimum atomic E-state index is -0.136. The number of nitrogens with zero attached hydrogens (tertiary/aromatic N) is 4. The Hall–Kier alpha value is -2.60. The number of carbonyl (C=O) groups excluding carboxylic acids is 1. The molecule has 124 valence electrons. The first kappa shape index (κ1) is 16.3. The first-order valence-electron chi connectivity index (χ1n) is 7.46. The number of benzene rings is 1. The number of aromatic nitrogens is 4. The summed E-state index contributed by atoms with van der Waals surface area (Å²) >= 11 is 5.97. The summed E-state index contributed by atoms with van der Waals surface area (Å²) in [4.78, 5) is 19.2. The van der Waals surface area contributed by atoms with E-state index in [2.05, 4.69) is 16.9 Å². The topological polar surface area (TPSA) is 61.9 Å². The fourth-order valence-corrected chi connectivity index (χ4v) is 2.82. The van der Waals surface area contributed by atoms with Gasteiger partial charge >= 0.3 is 0 Å². The normalized spacial score (nSPS) is 11.0. The lowest BCUT2D eigenvalue weighted by molar-refractivity contribution is 0.0630. The molecule has 6 nitrogen and oxygen atoms in total. The number of Topliss-reactive ketones (excluding diaryl/α,β-unsaturated/α-hetero) is 1. The van der Waals surface area contributed by atoms with E-state index in [1.54, 1.807) is 24.3 Å². The Labute approximate surface area is 144 Å². The minimum absolute atomic E-state index is 0.121. The van der Waals surface area contributed by atoms with E-state index in [-0.39, 0.29) is 12.4 Å². The Bertz CT molecular complexity index is 926. The molecule has 3 aromatic rings. The maximum atomic E-state index is 12.5. The third-order valence-electron chi connectivity index (χ3n) is 3.88. The molecule has 1 aromatic carbocycles. The molecule has 2 aromatic heterocycles. The molecule has 0 aliphatic rings. The van der Waals surface area contributed by atoms with Crippen LogP contribution in [0.4, 0.5) is 0 Å². The second kappa shape index (κ2) is 6.49. The van der Waals surface area contributed by atoms with Gasteiger partial charge in [-0.1, -0.05) is 22.5 Å². The highest BCUT2D eigenvalue weighted by atomic mass is 35.5. The third-order valence-corrected chi connectivity index (χ3v) is 4.12. The maximum absolute atomic E-state index is 12.5. The van der Waals surface area contributed by atoms with Crippen LogP contribution >= 0.6 is 11.6 Å². The predicted octanol–water partition coefficient (Wildman–Crippen LogP) is 3.00. The molecular weight excluding hydrogens is 328 g/mol. The molecule has 0 saturated heterocycles. The van der Waals surface area contributed by atoms with Gasteiger partial charge in [0, 0.05) is 28.5 Å². The Kier molecular flexibility index (Phi) is 4.40. The van der Waals surface area contributed by atoms with E-state index < -0.39 is 0 Å². The van der Waals surface area contributed by atoms with Crippen molar-refractivity contribution in [1.29, 1.82) is 0 Å². The van der Waals surface area contributed by atoms with E-state index in [4.69, 9.17) is 16.4 Å². The van der Waals surface area contributed by atoms with Crippen LogP contribution in [-0.4, -0.2) is 32.1 Å². The van der Waals surface area contributed by atoms with Gasteiger partial charge in [0.05, 0.1) is 0 Å². The van der Waals surface area contributed by atoms with E-state index in [0.717, 1.165) is 11.4 Å². The number of carbonyl (C=O) groups is 1. The lowest BCUT2D eigenvalue weighted by Gasteiger charge is -2.07. The molecule has 24 heavy (non-hydrogen) atoms. The maximum Gasteiger partial charge on any atom is 0.204 e. The lowest BCUT2D eigenvalue weighted by atomic mass is 10.2. The molecule has 0 saturated carbocycles. The van der Waals surface area contributed by atoms with Crippen LogP contribution in [0.5, 0.6) is 0 Å². The Morgan fingerprint density at radius 3 is 2.92 bits per heavy atom. The molecule has 0 bridgehead atoms. The fraction of sp³-hybridized carbons (Fsp3) is 0.235. The van der Waals surface area contributed by atoms with Crippen molar-refractivity contribution >= 4 is 28.4 Å². The number of halogens is 1. The number of rotatable bonds is 6. The summed E-state index contributed by atoms with van der Waals surface area (Å²) in [5.74, 6) is -0.121. The molecule has 0 N–H and O–H groups in total. The van der Waals surface area contributed by atoms with Gasteiger partial charge in [0.15, 0.2) is 6.61 Å². The van der Waals surface area contributed by atoms with Gasteiger partial charge in [-0.3, -0.25) is 4.79 Å². The molecule has 0 spiro atoms. The van der Waals surface area contributed by atoms with Crippen molar-refractivity contribution < 1.29 is 9.63 Å². The SMILES string of the molecule is C=CCn1c(C)cc(C(=O)COn2nnc3ccc(Cl)cc32)c1C. The molecule has 0 aliphatic heterocycles. The van der Waals surface area contributed by atoms with Crippen LogP contribution in [0.3, 0.4) is 0 Å². The van der Waals surface area contributed by atoms with E-state index in [1.807, 2.05) is 24.5 Å². The average molecular weight is 345 g/mol. The Morgan fingerprint density at radius 1 is 1.38 bits per heavy atom. The number of ketones is 1. The van der Waals surface area contributed by atoms with Crippen LogP contribution in [-0.2, 0) is 6.54 Å². The smallest absolute Gasteiger partial charge is 0.204 e. The minimum Gasteiger partial charge on any atom is -0.387 e. The average Bonchev–Trinajstić information content (AvgIpc) is 3.08. The van der Waals surface area contributed by atoms with Crippen molar-refractivity contribution in [3.63, 3.8) is 0 Å². The summed E-state index contributed by atoms with van der Waals surface area (Å²) in [7, 11) is 0. The van der Waals surface area contributed by atoms with Gasteiger partial charge in [0.1, 0.15) is 11.0 Å². The van der Waals surface area contributed by atoms with Gasteiger partial charge in [-0.25, -0.2) is 0 Å². The summed E-state index contributed by atoms with van der Waals surface area (Å²) in [6, 6.07) is 7.02. The zero-order valence-electron chi connectivity index (χ0n) is 13.5. The highest BCUT2D eigenvalue weighted by molar-refractivity contribution is 6.31. The van der Waals surface area contributed by atoms with Crippen LogP contribution in [0, 0.1) is 13.8 Å². The van der Waals surface area contributed by atoms with Crippen molar-refractivity contribution in [1.82, 2.24) is 19.7 Å². The van der Waals surface area contributed by atoms with Crippen molar-refractivity contribution in [3.8, 4) is 0 Å². The van der Waals surface area contributed by atoms with Gasteiger partial charge in [0.2, 0.25) is 5.78 Å². The summed E-state index contributed by atoms with van der Waals surface area (Å²) in [6.45, 7) is 8.14. The fourth-order valence-electron chi connectivity index (χ4n) is 2.66. The van der Waals surface area contributed by atoms with Crippen molar-refractivity contribution in [2.75, 3.05) is 6.61 Å². The summed E-state index contributed by atoms with van der Waals surface area (Å²) in [5.41, 5.74) is 3.81. The van der Waals surface area contributed by atoms with Crippen molar-refractivity contribution in [2.45, 2.75) is 20.4 Å². The van der Waals surface area contributed by atoms with Crippen molar-refractivity contribution in [3.05, 3.63) is 58.9 Å². The molecule has 0 amide bonds. The zero-order valence-corrected chi connectivity index (χ0v) is 14.2. The van der Waals surface area contributed by atoms with E-state index in [9.17, 15) is 4.79 Å². The van der Waals surface area contributed by atoms with Crippen LogP contribution < -0.4 is 4.84 Å². The molecule has 0 aliphatic carbocycles. The van der Waals surface area contributed by atoms with E-state index in [0.29, 0.717) is 28.2 Å². The molecule has 0 radical (unpaired) electrons. The highest BCUT2D eigenvalue weighted by Gasteiger charge is 2.16. The predicted molar refractivity (Wildman–Crippen MR) is 92.4 cm³/mol. The first-order chi connectivity index (χ1) is 11.5. The van der Waals surface area contributed by atoms with Crippen LogP contribution in [0.1, 0.15) is 21.7 Å². The van der Waals surface area contributed by atoms with Crippen molar-refractivity contribution in [2.24, 2.45) is 0 Å². The number of aryl methyl sites for hydroxylation is 1. The van der Waals surface area contributed by atoms with Crippen LogP contribution in [0.25, 0.3) is 11.0 Å². The number of allylic oxidation sites excluding steroid dienone is 1. The van der Waals surface area contributed by atoms with Gasteiger partial charge in [-0.2, -0.15) is 0 Å². The second-order valence-electron chi connectivity index (χ2n) is 5.48. The molecule has 3 rings (SSSR count). The molecule has 0 atom stereocenters. The summed E-state index contributed by atoms with van der Waals surface area (Å²) in [6.07, 6.45) is 1.80. The van der Waals surface area contributed by atoms with Gasteiger partial charge in [0.25, 0.3) is 0 Å². The van der Waals surface area contributed by atoms with E-state index in [1.165, 1.54) is 4.85 Å².